The molecule has 2 aromatic carbocycles. The van der Waals surface area contributed by atoms with Crippen molar-refractivity contribution in [2.75, 3.05) is 10.6 Å². The zero-order valence-electron chi connectivity index (χ0n) is 12.9. The van der Waals surface area contributed by atoms with Gasteiger partial charge in [-0.1, -0.05) is 19.1 Å². The second-order valence-corrected chi connectivity index (χ2v) is 6.40. The number of carbonyl (C=O) groups excluding carboxylic acids is 1. The van der Waals surface area contributed by atoms with Gasteiger partial charge in [-0.15, -0.1) is 0 Å². The van der Waals surface area contributed by atoms with E-state index in [-0.39, 0.29) is 11.0 Å². The van der Waals surface area contributed by atoms with Gasteiger partial charge in [-0.3, -0.25) is 4.79 Å². The monoisotopic (exact) mass is 391 g/mol. The summed E-state index contributed by atoms with van der Waals surface area (Å²) in [6.45, 7) is 3.98. The number of nitrogens with one attached hydrogen (secondary N) is 2. The van der Waals surface area contributed by atoms with Gasteiger partial charge < -0.3 is 16.4 Å². The molecule has 0 heterocycles. The molecule has 120 valence electrons. The molecule has 4 N–H and O–H groups in total. The van der Waals surface area contributed by atoms with Crippen LogP contribution >= 0.6 is 28.1 Å². The van der Waals surface area contributed by atoms with Crippen LogP contribution in [0, 0.1) is 6.92 Å². The predicted molar refractivity (Wildman–Crippen MR) is 103 cm³/mol. The summed E-state index contributed by atoms with van der Waals surface area (Å²) >= 11 is 8.28. The maximum absolute atomic E-state index is 12.5. The molecule has 0 saturated heterocycles. The maximum Gasteiger partial charge on any atom is 0.256 e. The Bertz CT molecular complexity index is 761. The molecule has 6 heteroatoms. The number of aryl methyl sites for hydroxylation is 2. The normalized spacial score (nSPS) is 10.2. The first-order chi connectivity index (χ1) is 10.9. The molecule has 0 radical (unpaired) electrons. The van der Waals surface area contributed by atoms with Gasteiger partial charge in [-0.05, 0) is 76.9 Å². The van der Waals surface area contributed by atoms with E-state index in [1.807, 2.05) is 44.2 Å². The van der Waals surface area contributed by atoms with Gasteiger partial charge in [-0.25, -0.2) is 0 Å². The van der Waals surface area contributed by atoms with Crippen LogP contribution in [-0.4, -0.2) is 11.0 Å². The van der Waals surface area contributed by atoms with Gasteiger partial charge in [-0.2, -0.15) is 0 Å². The van der Waals surface area contributed by atoms with Crippen molar-refractivity contribution < 1.29 is 4.79 Å². The molecule has 0 spiro atoms. The molecule has 0 saturated carbocycles. The quantitative estimate of drug-likeness (QED) is 0.682. The first-order valence-electron chi connectivity index (χ1n) is 7.18. The van der Waals surface area contributed by atoms with Crippen LogP contribution in [0.3, 0.4) is 0 Å². The third-order valence-corrected chi connectivity index (χ3v) is 4.22. The fraction of sp³-hybridized carbons (Fsp3) is 0.176. The molecule has 0 bridgehead atoms. The minimum atomic E-state index is -0.148. The first-order valence-corrected chi connectivity index (χ1v) is 8.38. The van der Waals surface area contributed by atoms with Gasteiger partial charge in [0.2, 0.25) is 0 Å². The van der Waals surface area contributed by atoms with Crippen molar-refractivity contribution in [2.45, 2.75) is 20.3 Å². The smallest absolute Gasteiger partial charge is 0.256 e. The van der Waals surface area contributed by atoms with Gasteiger partial charge in [0.25, 0.3) is 5.91 Å². The van der Waals surface area contributed by atoms with Crippen LogP contribution in [0.2, 0.25) is 0 Å². The van der Waals surface area contributed by atoms with Crippen LogP contribution in [-0.2, 0) is 6.42 Å². The molecular weight excluding hydrogens is 374 g/mol. The van der Waals surface area contributed by atoms with Crippen molar-refractivity contribution in [3.8, 4) is 0 Å². The van der Waals surface area contributed by atoms with Gasteiger partial charge in [0.1, 0.15) is 0 Å². The predicted octanol–water partition coefficient (Wildman–Crippen LogP) is 4.23. The third kappa shape index (κ3) is 4.30. The molecule has 1 amide bonds. The minimum Gasteiger partial charge on any atom is -0.376 e. The lowest BCUT2D eigenvalue weighted by atomic mass is 10.0. The average Bonchev–Trinajstić information content (AvgIpc) is 2.49. The van der Waals surface area contributed by atoms with E-state index in [0.29, 0.717) is 5.56 Å². The summed E-state index contributed by atoms with van der Waals surface area (Å²) in [5.74, 6) is -0.148. The highest BCUT2D eigenvalue weighted by molar-refractivity contribution is 9.10. The van der Waals surface area contributed by atoms with E-state index in [2.05, 4.69) is 26.6 Å². The Hall–Kier alpha value is -1.92. The highest BCUT2D eigenvalue weighted by atomic mass is 79.9. The molecule has 2 rings (SSSR count). The second kappa shape index (κ2) is 7.57. The maximum atomic E-state index is 12.5. The van der Waals surface area contributed by atoms with Gasteiger partial charge in [0, 0.05) is 15.8 Å². The molecule has 2 aromatic rings. The van der Waals surface area contributed by atoms with E-state index in [0.717, 1.165) is 33.4 Å². The number of benzene rings is 2. The zero-order valence-corrected chi connectivity index (χ0v) is 15.3. The lowest BCUT2D eigenvalue weighted by molar-refractivity contribution is 0.102. The SMILES string of the molecule is CCc1cc(NC(N)=S)cc(C)c1NC(=O)c1ccccc1Br. The highest BCUT2D eigenvalue weighted by Crippen LogP contribution is 2.27. The summed E-state index contributed by atoms with van der Waals surface area (Å²) < 4.78 is 0.764. The standard InChI is InChI=1S/C17H18BrN3OS/c1-3-11-9-12(20-17(19)23)8-10(2)15(11)21-16(22)13-6-4-5-7-14(13)18/h4-9H,3H2,1-2H3,(H,21,22)(H3,19,20,23). The summed E-state index contributed by atoms with van der Waals surface area (Å²) in [4.78, 5) is 12.5. The van der Waals surface area contributed by atoms with Crippen molar-refractivity contribution in [3.05, 3.63) is 57.6 Å². The molecule has 0 aliphatic carbocycles. The van der Waals surface area contributed by atoms with Crippen molar-refractivity contribution in [3.63, 3.8) is 0 Å². The number of hydrogen-bond donors (Lipinski definition) is 3. The van der Waals surface area contributed by atoms with E-state index in [1.54, 1.807) is 6.07 Å². The number of hydrogen-bond acceptors (Lipinski definition) is 2. The summed E-state index contributed by atoms with van der Waals surface area (Å²) in [6, 6.07) is 11.2. The third-order valence-electron chi connectivity index (χ3n) is 3.42. The topological polar surface area (TPSA) is 67.2 Å². The lowest BCUT2D eigenvalue weighted by Crippen LogP contribution is -2.20. The van der Waals surface area contributed by atoms with E-state index >= 15 is 0 Å². The molecule has 0 aliphatic heterocycles. The molecular formula is C17H18BrN3OS. The summed E-state index contributed by atoms with van der Waals surface area (Å²) in [6.07, 6.45) is 0.777. The van der Waals surface area contributed by atoms with E-state index in [4.69, 9.17) is 18.0 Å². The largest absolute Gasteiger partial charge is 0.376 e. The van der Waals surface area contributed by atoms with Crippen LogP contribution in [0.4, 0.5) is 11.4 Å². The molecule has 0 unspecified atom stereocenters. The zero-order chi connectivity index (χ0) is 17.0. The second-order valence-electron chi connectivity index (χ2n) is 5.10. The average molecular weight is 392 g/mol. The number of rotatable bonds is 4. The molecule has 0 aliphatic rings. The Kier molecular flexibility index (Phi) is 5.74. The van der Waals surface area contributed by atoms with Crippen LogP contribution in [0.15, 0.2) is 40.9 Å². The Balaban J connectivity index is 2.34. The highest BCUT2D eigenvalue weighted by Gasteiger charge is 2.14. The van der Waals surface area contributed by atoms with Gasteiger partial charge in [0.05, 0.1) is 5.56 Å². The first kappa shape index (κ1) is 17.4. The summed E-state index contributed by atoms with van der Waals surface area (Å²) in [5.41, 5.74) is 9.73. The number of thiocarbonyl (C=S) groups is 1. The fourth-order valence-electron chi connectivity index (χ4n) is 2.36. The van der Waals surface area contributed by atoms with Crippen molar-refractivity contribution >= 4 is 50.5 Å². The van der Waals surface area contributed by atoms with Crippen LogP contribution < -0.4 is 16.4 Å². The fourth-order valence-corrected chi connectivity index (χ4v) is 2.94. The van der Waals surface area contributed by atoms with Gasteiger partial charge in [0.15, 0.2) is 5.11 Å². The van der Waals surface area contributed by atoms with Crippen molar-refractivity contribution in [2.24, 2.45) is 5.73 Å². The number of carbonyl (C=O) groups is 1. The number of anilines is 2. The summed E-state index contributed by atoms with van der Waals surface area (Å²) in [5, 5.41) is 6.16. The molecule has 0 atom stereocenters. The van der Waals surface area contributed by atoms with E-state index in [9.17, 15) is 4.79 Å². The molecule has 0 aromatic heterocycles. The Labute approximate surface area is 149 Å². The molecule has 4 nitrogen and oxygen atoms in total. The van der Waals surface area contributed by atoms with Crippen molar-refractivity contribution in [1.82, 2.24) is 0 Å². The summed E-state index contributed by atoms with van der Waals surface area (Å²) in [7, 11) is 0. The Morgan fingerprint density at radius 1 is 1.26 bits per heavy atom. The number of nitrogens with two attached hydrogens (primary N) is 1. The number of amides is 1. The van der Waals surface area contributed by atoms with E-state index in [1.165, 1.54) is 0 Å². The van der Waals surface area contributed by atoms with Gasteiger partial charge >= 0.3 is 0 Å². The lowest BCUT2D eigenvalue weighted by Gasteiger charge is -2.16. The molecule has 0 fully saturated rings. The Morgan fingerprint density at radius 3 is 2.57 bits per heavy atom. The Morgan fingerprint density at radius 2 is 1.96 bits per heavy atom. The van der Waals surface area contributed by atoms with E-state index < -0.39 is 0 Å². The van der Waals surface area contributed by atoms with Crippen LogP contribution in [0.5, 0.6) is 0 Å². The van der Waals surface area contributed by atoms with Crippen LogP contribution in [0.1, 0.15) is 28.4 Å². The minimum absolute atomic E-state index is 0.148. The molecule has 23 heavy (non-hydrogen) atoms. The van der Waals surface area contributed by atoms with Crippen LogP contribution in [0.25, 0.3) is 0 Å². The van der Waals surface area contributed by atoms with Crippen molar-refractivity contribution in [1.29, 1.82) is 0 Å². The number of halogens is 1.